The van der Waals surface area contributed by atoms with Gasteiger partial charge in [-0.1, -0.05) is 29.4 Å². The second kappa shape index (κ2) is 7.57. The molecule has 0 aliphatic heterocycles. The fourth-order valence-corrected chi connectivity index (χ4v) is 2.88. The second-order valence-corrected chi connectivity index (χ2v) is 6.18. The van der Waals surface area contributed by atoms with Gasteiger partial charge in [-0.3, -0.25) is 4.79 Å². The van der Waals surface area contributed by atoms with E-state index in [1.54, 1.807) is 0 Å². The molecule has 1 heterocycles. The van der Waals surface area contributed by atoms with Crippen molar-refractivity contribution in [3.8, 4) is 0 Å². The number of rotatable bonds is 4. The number of thioether (sulfide) groups is 1. The molecule has 0 saturated carbocycles. The third kappa shape index (κ3) is 4.82. The Labute approximate surface area is 148 Å². The van der Waals surface area contributed by atoms with Gasteiger partial charge in [0.2, 0.25) is 0 Å². The smallest absolute Gasteiger partial charge is 0.321 e. The Bertz CT molecular complexity index is 798. The summed E-state index contributed by atoms with van der Waals surface area (Å²) < 4.78 is 63.1. The molecule has 0 aliphatic rings. The van der Waals surface area contributed by atoms with Crippen molar-refractivity contribution in [2.45, 2.75) is 23.8 Å². The van der Waals surface area contributed by atoms with Gasteiger partial charge < -0.3 is 5.32 Å². The lowest BCUT2D eigenvalue weighted by atomic mass is 10.1. The zero-order valence-electron chi connectivity index (χ0n) is 12.5. The highest BCUT2D eigenvalue weighted by atomic mass is 35.5. The van der Waals surface area contributed by atoms with Crippen LogP contribution in [0.3, 0.4) is 0 Å². The van der Waals surface area contributed by atoms with Crippen LogP contribution >= 0.6 is 23.4 Å². The minimum Gasteiger partial charge on any atom is -0.321 e. The number of halogens is 6. The van der Waals surface area contributed by atoms with Crippen LogP contribution in [0.1, 0.15) is 21.7 Å². The topological polar surface area (TPSA) is 42.0 Å². The summed E-state index contributed by atoms with van der Waals surface area (Å²) in [6, 6.07) is 5.85. The molecule has 3 nitrogen and oxygen atoms in total. The maximum absolute atomic E-state index is 12.6. The van der Waals surface area contributed by atoms with Crippen LogP contribution < -0.4 is 5.32 Å². The number of hydrogen-bond acceptors (Lipinski definition) is 3. The van der Waals surface area contributed by atoms with Gasteiger partial charge in [0.1, 0.15) is 5.69 Å². The molecule has 134 valence electrons. The highest BCUT2D eigenvalue weighted by Gasteiger charge is 2.33. The monoisotopic (exact) mass is 396 g/mol. The zero-order chi connectivity index (χ0) is 18.8. The van der Waals surface area contributed by atoms with Gasteiger partial charge in [0, 0.05) is 0 Å². The summed E-state index contributed by atoms with van der Waals surface area (Å²) in [6.45, 7) is 1.25. The van der Waals surface area contributed by atoms with Crippen molar-refractivity contribution in [2.75, 3.05) is 5.32 Å². The van der Waals surface area contributed by atoms with Crippen molar-refractivity contribution in [3.63, 3.8) is 0 Å². The number of aromatic nitrogens is 1. The third-order valence-electron chi connectivity index (χ3n) is 3.04. The van der Waals surface area contributed by atoms with Crippen molar-refractivity contribution in [2.24, 2.45) is 0 Å². The van der Waals surface area contributed by atoms with Crippen molar-refractivity contribution < 1.29 is 26.7 Å². The molecule has 1 aromatic heterocycles. The molecule has 2 aromatic rings. The highest BCUT2D eigenvalue weighted by Crippen LogP contribution is 2.38. The van der Waals surface area contributed by atoms with Crippen molar-refractivity contribution in [3.05, 3.63) is 52.3 Å². The maximum Gasteiger partial charge on any atom is 0.433 e. The lowest BCUT2D eigenvalue weighted by molar-refractivity contribution is -0.141. The molecule has 1 aromatic carbocycles. The van der Waals surface area contributed by atoms with Gasteiger partial charge in [-0.2, -0.15) is 22.0 Å². The molecule has 0 unspecified atom stereocenters. The van der Waals surface area contributed by atoms with Gasteiger partial charge in [-0.25, -0.2) is 4.98 Å². The number of carbonyl (C=O) groups is 1. The first-order chi connectivity index (χ1) is 11.6. The molecular weight excluding hydrogens is 387 g/mol. The van der Waals surface area contributed by atoms with E-state index in [9.17, 15) is 26.7 Å². The second-order valence-electron chi connectivity index (χ2n) is 4.78. The molecule has 0 saturated heterocycles. The summed E-state index contributed by atoms with van der Waals surface area (Å²) in [4.78, 5) is 15.6. The fraction of sp³-hybridized carbons (Fsp3) is 0.200. The number of carbonyl (C=O) groups excluding carboxylic acids is 1. The minimum absolute atomic E-state index is 0.0189. The SMILES string of the molecule is Cc1nc(C(F)(F)F)ccc1C(=O)Nc1cccc(Cl)c1SC(F)F. The number of nitrogens with zero attached hydrogens (tertiary/aromatic N) is 1. The largest absolute Gasteiger partial charge is 0.433 e. The van der Waals surface area contributed by atoms with E-state index >= 15 is 0 Å². The van der Waals surface area contributed by atoms with E-state index < -0.39 is 23.5 Å². The van der Waals surface area contributed by atoms with Crippen molar-refractivity contribution in [1.82, 2.24) is 4.98 Å². The van der Waals surface area contributed by atoms with Gasteiger partial charge in [0.05, 0.1) is 26.9 Å². The minimum atomic E-state index is -4.63. The number of anilines is 1. The standard InChI is InChI=1S/C15H10ClF5N2OS/c1-7-8(5-6-11(22-7)15(19,20)21)13(24)23-10-4-2-3-9(16)12(10)25-14(17)18/h2-6,14H,1H3,(H,23,24). The van der Waals surface area contributed by atoms with Gasteiger partial charge in [-0.05, 0) is 31.2 Å². The molecule has 0 spiro atoms. The molecule has 10 heteroatoms. The van der Waals surface area contributed by atoms with Gasteiger partial charge >= 0.3 is 6.18 Å². The predicted molar refractivity (Wildman–Crippen MR) is 85.2 cm³/mol. The molecular formula is C15H10ClF5N2OS. The maximum atomic E-state index is 12.6. The van der Waals surface area contributed by atoms with E-state index in [1.165, 1.54) is 25.1 Å². The summed E-state index contributed by atoms with van der Waals surface area (Å²) >= 11 is 6.02. The molecule has 25 heavy (non-hydrogen) atoms. The summed E-state index contributed by atoms with van der Waals surface area (Å²) in [6.07, 6.45) is -4.63. The number of pyridine rings is 1. The molecule has 0 aliphatic carbocycles. The normalized spacial score (nSPS) is 11.7. The van der Waals surface area contributed by atoms with E-state index in [2.05, 4.69) is 10.3 Å². The lowest BCUT2D eigenvalue weighted by Crippen LogP contribution is -2.17. The first-order valence-corrected chi connectivity index (χ1v) is 7.95. The van der Waals surface area contributed by atoms with E-state index in [0.29, 0.717) is 6.07 Å². The van der Waals surface area contributed by atoms with Crippen LogP contribution in [0.25, 0.3) is 0 Å². The molecule has 0 bridgehead atoms. The Balaban J connectivity index is 2.31. The van der Waals surface area contributed by atoms with Crippen molar-refractivity contribution in [1.29, 1.82) is 0 Å². The molecule has 2 rings (SSSR count). The number of hydrogen-bond donors (Lipinski definition) is 1. The van der Waals surface area contributed by atoms with Gasteiger partial charge in [0.25, 0.3) is 11.7 Å². The number of alkyl halides is 5. The third-order valence-corrected chi connectivity index (χ3v) is 4.32. The van der Waals surface area contributed by atoms with Crippen LogP contribution in [0.15, 0.2) is 35.2 Å². The molecule has 1 N–H and O–H groups in total. The summed E-state index contributed by atoms with van der Waals surface area (Å²) in [5.41, 5.74) is -1.35. The molecule has 0 radical (unpaired) electrons. The van der Waals surface area contributed by atoms with Crippen LogP contribution in [-0.4, -0.2) is 16.6 Å². The quantitative estimate of drug-likeness (QED) is 0.538. The Hall–Kier alpha value is -1.87. The van der Waals surface area contributed by atoms with E-state index in [1.807, 2.05) is 0 Å². The summed E-state index contributed by atoms with van der Waals surface area (Å²) in [5.74, 6) is -3.54. The molecule has 0 atom stereocenters. The lowest BCUT2D eigenvalue weighted by Gasteiger charge is -2.13. The highest BCUT2D eigenvalue weighted by molar-refractivity contribution is 7.99. The average Bonchev–Trinajstić information content (AvgIpc) is 2.49. The Morgan fingerprint density at radius 2 is 1.92 bits per heavy atom. The fourth-order valence-electron chi connectivity index (χ4n) is 1.96. The Morgan fingerprint density at radius 1 is 1.24 bits per heavy atom. The molecule has 0 fully saturated rings. The number of aryl methyl sites for hydroxylation is 1. The predicted octanol–water partition coefficient (Wildman–Crippen LogP) is 5.63. The first-order valence-electron chi connectivity index (χ1n) is 6.69. The zero-order valence-corrected chi connectivity index (χ0v) is 14.1. The average molecular weight is 397 g/mol. The Morgan fingerprint density at radius 3 is 2.48 bits per heavy atom. The first kappa shape index (κ1) is 19.5. The number of amides is 1. The molecule has 1 amide bonds. The summed E-state index contributed by atoms with van der Waals surface area (Å²) in [7, 11) is 0. The number of nitrogens with one attached hydrogen (secondary N) is 1. The van der Waals surface area contributed by atoms with Crippen molar-refractivity contribution >= 4 is 35.0 Å². The van der Waals surface area contributed by atoms with E-state index in [-0.39, 0.29) is 38.6 Å². The van der Waals surface area contributed by atoms with Gasteiger partial charge in [-0.15, -0.1) is 0 Å². The van der Waals surface area contributed by atoms with Crippen LogP contribution in [0.5, 0.6) is 0 Å². The van der Waals surface area contributed by atoms with Crippen LogP contribution in [-0.2, 0) is 6.18 Å². The van der Waals surface area contributed by atoms with Gasteiger partial charge in [0.15, 0.2) is 0 Å². The van der Waals surface area contributed by atoms with E-state index in [4.69, 9.17) is 11.6 Å². The Kier molecular flexibility index (Phi) is 5.89. The summed E-state index contributed by atoms with van der Waals surface area (Å²) in [5, 5.41) is 2.39. The number of benzene rings is 1. The van der Waals surface area contributed by atoms with Crippen LogP contribution in [0.4, 0.5) is 27.6 Å². The van der Waals surface area contributed by atoms with E-state index in [0.717, 1.165) is 6.07 Å². The van der Waals surface area contributed by atoms with Crippen LogP contribution in [0.2, 0.25) is 5.02 Å². The van der Waals surface area contributed by atoms with Crippen LogP contribution in [0, 0.1) is 6.92 Å².